The highest BCUT2D eigenvalue weighted by Gasteiger charge is 2.30. The van der Waals surface area contributed by atoms with Crippen molar-refractivity contribution < 1.29 is 4.39 Å². The van der Waals surface area contributed by atoms with Crippen LogP contribution in [0.25, 0.3) is 0 Å². The molecule has 0 aliphatic carbocycles. The van der Waals surface area contributed by atoms with Crippen molar-refractivity contribution in [2.45, 2.75) is 11.3 Å². The fraction of sp³-hybridized carbons (Fsp3) is 0.333. The molecule has 0 fully saturated rings. The number of benzene rings is 1. The van der Waals surface area contributed by atoms with Crippen molar-refractivity contribution in [3.05, 3.63) is 50.8 Å². The Kier molecular flexibility index (Phi) is 4.20. The average molecular weight is 352 g/mol. The van der Waals surface area contributed by atoms with Gasteiger partial charge in [0.1, 0.15) is 27.5 Å². The molecule has 1 aromatic heterocycles. The van der Waals surface area contributed by atoms with Crippen molar-refractivity contribution in [3.63, 3.8) is 0 Å². The summed E-state index contributed by atoms with van der Waals surface area (Å²) in [5.41, 5.74) is 1.65. The van der Waals surface area contributed by atoms with Gasteiger partial charge in [-0.3, -0.25) is 9.13 Å². The molecule has 1 N–H and O–H groups in total. The molecule has 5 nitrogen and oxygen atoms in total. The molecule has 0 saturated heterocycles. The highest BCUT2D eigenvalue weighted by atomic mass is 32.2. The number of anilines is 2. The van der Waals surface area contributed by atoms with Crippen LogP contribution in [0.15, 0.2) is 29.1 Å². The summed E-state index contributed by atoms with van der Waals surface area (Å²) >= 11 is 7.03. The zero-order valence-corrected chi connectivity index (χ0v) is 14.7. The van der Waals surface area contributed by atoms with Crippen molar-refractivity contribution >= 4 is 35.5 Å². The molecule has 1 aliphatic heterocycles. The number of nitrogens with zero attached hydrogens (tertiary/aromatic N) is 3. The molecule has 3 rings (SSSR count). The maximum Gasteiger partial charge on any atom is 0.330 e. The van der Waals surface area contributed by atoms with Crippen LogP contribution in [0.1, 0.15) is 5.56 Å². The van der Waals surface area contributed by atoms with Gasteiger partial charge in [0, 0.05) is 26.9 Å². The molecule has 1 aromatic carbocycles. The van der Waals surface area contributed by atoms with Crippen LogP contribution in [0.2, 0.25) is 0 Å². The maximum atomic E-state index is 13.0. The van der Waals surface area contributed by atoms with Crippen LogP contribution in [0.4, 0.5) is 15.9 Å². The Hall–Kier alpha value is -1.80. The summed E-state index contributed by atoms with van der Waals surface area (Å²) < 4.78 is 16.5. The van der Waals surface area contributed by atoms with Crippen LogP contribution in [-0.4, -0.2) is 21.7 Å². The van der Waals surface area contributed by atoms with E-state index in [1.807, 2.05) is 11.9 Å². The van der Waals surface area contributed by atoms with E-state index in [0.29, 0.717) is 4.64 Å². The molecule has 23 heavy (non-hydrogen) atoms. The zero-order chi connectivity index (χ0) is 16.7. The first-order valence-corrected chi connectivity index (χ1v) is 8.51. The highest BCUT2D eigenvalue weighted by molar-refractivity contribution is 7.99. The lowest BCUT2D eigenvalue weighted by atomic mass is 10.2. The average Bonchev–Trinajstić information content (AvgIpc) is 2.87. The Balaban J connectivity index is 1.84. The van der Waals surface area contributed by atoms with Gasteiger partial charge in [-0.1, -0.05) is 24.4 Å². The van der Waals surface area contributed by atoms with Crippen molar-refractivity contribution in [2.75, 3.05) is 17.3 Å². The molecule has 122 valence electrons. The minimum Gasteiger partial charge on any atom is -0.351 e. The summed E-state index contributed by atoms with van der Waals surface area (Å²) in [7, 11) is 5.34. The summed E-state index contributed by atoms with van der Waals surface area (Å²) in [5, 5.41) is 3.37. The SMILES string of the molecule is CN1c2c(c(=S)n(C)c(=O)n2C)NC1SCc1ccc(F)cc1. The molecule has 2 heterocycles. The molecule has 0 amide bonds. The van der Waals surface area contributed by atoms with Crippen LogP contribution in [0.3, 0.4) is 0 Å². The largest absolute Gasteiger partial charge is 0.351 e. The summed E-state index contributed by atoms with van der Waals surface area (Å²) in [4.78, 5) is 14.2. The van der Waals surface area contributed by atoms with Gasteiger partial charge in [-0.15, -0.1) is 11.8 Å². The number of nitrogens with one attached hydrogen (secondary N) is 1. The van der Waals surface area contributed by atoms with Crippen LogP contribution >= 0.6 is 24.0 Å². The molecule has 0 saturated carbocycles. The third kappa shape index (κ3) is 2.76. The molecular formula is C15H17FN4OS2. The molecule has 1 atom stereocenters. The standard InChI is InChI=1S/C15H17FN4OS2/c1-18-12-11(13(22)20(3)15(21)19(12)2)17-14(18)23-8-9-4-6-10(16)7-5-9/h4-7,14,17H,8H2,1-3H3. The molecule has 0 spiro atoms. The van der Waals surface area contributed by atoms with Gasteiger partial charge in [-0.05, 0) is 17.7 Å². The Morgan fingerprint density at radius 2 is 1.87 bits per heavy atom. The Morgan fingerprint density at radius 3 is 2.52 bits per heavy atom. The predicted molar refractivity (Wildman–Crippen MR) is 95.0 cm³/mol. The number of halogens is 1. The van der Waals surface area contributed by atoms with E-state index in [2.05, 4.69) is 5.32 Å². The van der Waals surface area contributed by atoms with Gasteiger partial charge >= 0.3 is 5.69 Å². The first-order valence-electron chi connectivity index (χ1n) is 7.05. The number of hydrogen-bond donors (Lipinski definition) is 1. The molecule has 0 radical (unpaired) electrons. The van der Waals surface area contributed by atoms with Crippen LogP contribution < -0.4 is 15.9 Å². The number of thioether (sulfide) groups is 1. The lowest BCUT2D eigenvalue weighted by Gasteiger charge is -2.22. The highest BCUT2D eigenvalue weighted by Crippen LogP contribution is 2.37. The maximum absolute atomic E-state index is 13.0. The third-order valence-corrected chi connectivity index (χ3v) is 5.64. The van der Waals surface area contributed by atoms with Crippen molar-refractivity contribution in [1.29, 1.82) is 0 Å². The van der Waals surface area contributed by atoms with Gasteiger partial charge in [-0.2, -0.15) is 0 Å². The lowest BCUT2D eigenvalue weighted by molar-refractivity contribution is 0.627. The molecular weight excluding hydrogens is 335 g/mol. The van der Waals surface area contributed by atoms with Gasteiger partial charge in [0.05, 0.1) is 0 Å². The lowest BCUT2D eigenvalue weighted by Crippen LogP contribution is -2.33. The summed E-state index contributed by atoms with van der Waals surface area (Å²) in [6, 6.07) is 6.47. The van der Waals surface area contributed by atoms with Gasteiger partial charge in [0.15, 0.2) is 0 Å². The minimum atomic E-state index is -0.236. The van der Waals surface area contributed by atoms with Gasteiger partial charge in [0.2, 0.25) is 0 Å². The quantitative estimate of drug-likeness (QED) is 0.861. The van der Waals surface area contributed by atoms with E-state index in [9.17, 15) is 9.18 Å². The van der Waals surface area contributed by atoms with E-state index < -0.39 is 0 Å². The number of hydrogen-bond acceptors (Lipinski definition) is 5. The van der Waals surface area contributed by atoms with Crippen molar-refractivity contribution in [2.24, 2.45) is 14.1 Å². The van der Waals surface area contributed by atoms with Gasteiger partial charge in [0.25, 0.3) is 0 Å². The van der Waals surface area contributed by atoms with E-state index >= 15 is 0 Å². The number of fused-ring (bicyclic) bond motifs is 1. The molecule has 2 aromatic rings. The van der Waals surface area contributed by atoms with Crippen LogP contribution in [0.5, 0.6) is 0 Å². The van der Waals surface area contributed by atoms with Gasteiger partial charge in [-0.25, -0.2) is 9.18 Å². The molecule has 1 unspecified atom stereocenters. The fourth-order valence-electron chi connectivity index (χ4n) is 2.61. The zero-order valence-electron chi connectivity index (χ0n) is 13.0. The van der Waals surface area contributed by atoms with E-state index in [4.69, 9.17) is 12.2 Å². The van der Waals surface area contributed by atoms with Crippen LogP contribution in [0, 0.1) is 10.5 Å². The topological polar surface area (TPSA) is 42.2 Å². The second-order valence-electron chi connectivity index (χ2n) is 5.45. The van der Waals surface area contributed by atoms with E-state index in [1.54, 1.807) is 42.6 Å². The molecule has 0 bridgehead atoms. The third-order valence-electron chi connectivity index (χ3n) is 3.91. The van der Waals surface area contributed by atoms with Gasteiger partial charge < -0.3 is 10.2 Å². The summed E-state index contributed by atoms with van der Waals surface area (Å²) in [6.07, 6.45) is 0. The Bertz CT molecular complexity index is 860. The normalized spacial score (nSPS) is 16.3. The first kappa shape index (κ1) is 16.1. The monoisotopic (exact) mass is 352 g/mol. The second kappa shape index (κ2) is 6.01. The summed E-state index contributed by atoms with van der Waals surface area (Å²) in [6.45, 7) is 0. The second-order valence-corrected chi connectivity index (χ2v) is 6.90. The number of rotatable bonds is 3. The minimum absolute atomic E-state index is 0.0373. The predicted octanol–water partition coefficient (Wildman–Crippen LogP) is 2.67. The van der Waals surface area contributed by atoms with Crippen molar-refractivity contribution in [1.82, 2.24) is 9.13 Å². The summed E-state index contributed by atoms with van der Waals surface area (Å²) in [5.74, 6) is 1.28. The molecule has 1 aliphatic rings. The van der Waals surface area contributed by atoms with Crippen molar-refractivity contribution in [3.8, 4) is 0 Å². The fourth-order valence-corrected chi connectivity index (χ4v) is 3.91. The van der Waals surface area contributed by atoms with Crippen LogP contribution in [-0.2, 0) is 19.8 Å². The number of aromatic nitrogens is 2. The Morgan fingerprint density at radius 1 is 1.22 bits per heavy atom. The smallest absolute Gasteiger partial charge is 0.330 e. The van der Waals surface area contributed by atoms with E-state index in [-0.39, 0.29) is 17.0 Å². The first-order chi connectivity index (χ1) is 10.9. The molecule has 8 heteroatoms. The Labute approximate surface area is 142 Å². The van der Waals surface area contributed by atoms with E-state index in [1.165, 1.54) is 16.7 Å². The van der Waals surface area contributed by atoms with E-state index in [0.717, 1.165) is 22.8 Å².